The number of hydrogen-bond donors (Lipinski definition) is 1. The number of hydrogen-bond acceptors (Lipinski definition) is 2. The van der Waals surface area contributed by atoms with Gasteiger partial charge in [-0.05, 0) is 36.7 Å². The quantitative estimate of drug-likeness (QED) is 0.853. The van der Waals surface area contributed by atoms with Gasteiger partial charge in [-0.2, -0.15) is 0 Å². The molecule has 0 amide bonds. The molecule has 0 radical (unpaired) electrons. The summed E-state index contributed by atoms with van der Waals surface area (Å²) >= 11 is 7.37. The van der Waals surface area contributed by atoms with Crippen LogP contribution in [-0.4, -0.2) is 6.54 Å². The van der Waals surface area contributed by atoms with E-state index in [4.69, 9.17) is 11.6 Å². The summed E-state index contributed by atoms with van der Waals surface area (Å²) in [5.74, 6) is -1.58. The Hall–Kier alpha value is -0.970. The van der Waals surface area contributed by atoms with Crippen LogP contribution < -0.4 is 5.32 Å². The van der Waals surface area contributed by atoms with E-state index in [1.807, 2.05) is 19.1 Å². The number of rotatable bonds is 5. The van der Waals surface area contributed by atoms with Gasteiger partial charge in [-0.15, -0.1) is 11.3 Å². The maximum absolute atomic E-state index is 13.7. The molecule has 1 aromatic heterocycles. The first-order valence-corrected chi connectivity index (χ1v) is 7.22. The lowest BCUT2D eigenvalue weighted by atomic mass is 10.0. The van der Waals surface area contributed by atoms with Crippen molar-refractivity contribution in [3.05, 3.63) is 56.7 Å². The maximum Gasteiger partial charge on any atom is 0.162 e. The first-order chi connectivity index (χ1) is 9.11. The van der Waals surface area contributed by atoms with Crippen molar-refractivity contribution in [3.8, 4) is 0 Å². The van der Waals surface area contributed by atoms with Crippen LogP contribution in [0.25, 0.3) is 0 Å². The minimum atomic E-state index is -0.808. The van der Waals surface area contributed by atoms with Crippen LogP contribution in [0.2, 0.25) is 4.34 Å². The lowest BCUT2D eigenvalue weighted by Gasteiger charge is -2.17. The predicted octanol–water partition coefficient (Wildman–Crippen LogP) is 4.57. The van der Waals surface area contributed by atoms with Gasteiger partial charge in [0.2, 0.25) is 0 Å². The second kappa shape index (κ2) is 6.46. The first-order valence-electron chi connectivity index (χ1n) is 6.03. The van der Waals surface area contributed by atoms with Crippen LogP contribution in [0.1, 0.15) is 23.4 Å². The third-order valence-corrected chi connectivity index (χ3v) is 4.19. The number of thiophene rings is 1. The summed E-state index contributed by atoms with van der Waals surface area (Å²) in [6, 6.07) is 7.93. The molecule has 1 heterocycles. The van der Waals surface area contributed by atoms with Gasteiger partial charge in [0.25, 0.3) is 0 Å². The Bertz CT molecular complexity index is 556. The van der Waals surface area contributed by atoms with Gasteiger partial charge in [-0.1, -0.05) is 30.7 Å². The number of likely N-dealkylation sites (N-methyl/N-ethyl adjacent to an activating group) is 1. The molecule has 0 aliphatic carbocycles. The van der Waals surface area contributed by atoms with E-state index >= 15 is 0 Å². The van der Waals surface area contributed by atoms with Crippen LogP contribution in [0.15, 0.2) is 30.3 Å². The van der Waals surface area contributed by atoms with Crippen molar-refractivity contribution in [2.75, 3.05) is 6.54 Å². The summed E-state index contributed by atoms with van der Waals surface area (Å²) in [6.07, 6.45) is 0.397. The number of halogens is 3. The molecule has 0 saturated carbocycles. The zero-order valence-electron chi connectivity index (χ0n) is 10.4. The lowest BCUT2D eigenvalue weighted by molar-refractivity contribution is 0.483. The van der Waals surface area contributed by atoms with Gasteiger partial charge < -0.3 is 5.32 Å². The Morgan fingerprint density at radius 1 is 1.26 bits per heavy atom. The average molecular weight is 302 g/mol. The van der Waals surface area contributed by atoms with E-state index in [9.17, 15) is 8.78 Å². The Labute approximate surface area is 120 Å². The Balaban J connectivity index is 2.23. The van der Waals surface area contributed by atoms with E-state index < -0.39 is 11.6 Å². The first kappa shape index (κ1) is 14.4. The van der Waals surface area contributed by atoms with E-state index in [1.165, 1.54) is 17.4 Å². The zero-order chi connectivity index (χ0) is 13.8. The van der Waals surface area contributed by atoms with Crippen molar-refractivity contribution in [2.24, 2.45) is 0 Å². The molecule has 102 valence electrons. The molecular weight excluding hydrogens is 288 g/mol. The van der Waals surface area contributed by atoms with Crippen LogP contribution in [0.3, 0.4) is 0 Å². The Morgan fingerprint density at radius 3 is 2.68 bits per heavy atom. The molecule has 0 fully saturated rings. The minimum Gasteiger partial charge on any atom is -0.309 e. The maximum atomic E-state index is 13.7. The summed E-state index contributed by atoms with van der Waals surface area (Å²) in [4.78, 5) is 1.02. The van der Waals surface area contributed by atoms with Crippen LogP contribution in [0.5, 0.6) is 0 Å². The third kappa shape index (κ3) is 3.53. The topological polar surface area (TPSA) is 12.0 Å². The highest BCUT2D eigenvalue weighted by atomic mass is 35.5. The molecule has 1 unspecified atom stereocenters. The van der Waals surface area contributed by atoms with Crippen molar-refractivity contribution in [3.63, 3.8) is 0 Å². The van der Waals surface area contributed by atoms with Crippen LogP contribution >= 0.6 is 22.9 Å². The van der Waals surface area contributed by atoms with E-state index in [0.717, 1.165) is 17.5 Å². The normalized spacial score (nSPS) is 12.6. The van der Waals surface area contributed by atoms with Gasteiger partial charge in [0.15, 0.2) is 11.6 Å². The molecule has 5 heteroatoms. The Morgan fingerprint density at radius 2 is 2.05 bits per heavy atom. The summed E-state index contributed by atoms with van der Waals surface area (Å²) in [5.41, 5.74) is 0.371. The fourth-order valence-electron chi connectivity index (χ4n) is 1.96. The molecule has 1 nitrogen and oxygen atoms in total. The summed E-state index contributed by atoms with van der Waals surface area (Å²) in [7, 11) is 0. The van der Waals surface area contributed by atoms with Crippen LogP contribution in [0, 0.1) is 11.6 Å². The van der Waals surface area contributed by atoms with Gasteiger partial charge in [-0.25, -0.2) is 8.78 Å². The Kier molecular flexibility index (Phi) is 4.91. The molecule has 1 N–H and O–H groups in total. The standard InChI is InChI=1S/C14H14ClF2NS/c1-2-18-11(12-6-7-13(15)19-12)8-9-4-3-5-10(16)14(9)17/h3-7,11,18H,2,8H2,1H3. The molecule has 0 saturated heterocycles. The average Bonchev–Trinajstić information content (AvgIpc) is 2.81. The predicted molar refractivity (Wildman–Crippen MR) is 75.8 cm³/mol. The molecular formula is C14H14ClF2NS. The largest absolute Gasteiger partial charge is 0.309 e. The van der Waals surface area contributed by atoms with Gasteiger partial charge in [-0.3, -0.25) is 0 Å². The van der Waals surface area contributed by atoms with Crippen LogP contribution in [0.4, 0.5) is 8.78 Å². The van der Waals surface area contributed by atoms with Crippen molar-refractivity contribution in [1.82, 2.24) is 5.32 Å². The number of nitrogens with one attached hydrogen (secondary N) is 1. The minimum absolute atomic E-state index is 0.0567. The second-order valence-electron chi connectivity index (χ2n) is 4.17. The molecule has 1 atom stereocenters. The number of benzene rings is 1. The molecule has 2 aromatic rings. The van der Waals surface area contributed by atoms with E-state index in [-0.39, 0.29) is 6.04 Å². The van der Waals surface area contributed by atoms with Gasteiger partial charge >= 0.3 is 0 Å². The van der Waals surface area contributed by atoms with Crippen LogP contribution in [-0.2, 0) is 6.42 Å². The summed E-state index contributed by atoms with van der Waals surface area (Å²) in [6.45, 7) is 2.72. The van der Waals surface area contributed by atoms with Gasteiger partial charge in [0, 0.05) is 10.9 Å². The van der Waals surface area contributed by atoms with Crippen molar-refractivity contribution in [2.45, 2.75) is 19.4 Å². The molecule has 2 rings (SSSR count). The molecule has 0 aliphatic heterocycles. The monoisotopic (exact) mass is 301 g/mol. The molecule has 1 aromatic carbocycles. The van der Waals surface area contributed by atoms with Gasteiger partial charge in [0.1, 0.15) is 0 Å². The van der Waals surface area contributed by atoms with Crippen molar-refractivity contribution >= 4 is 22.9 Å². The summed E-state index contributed by atoms with van der Waals surface area (Å²) < 4.78 is 27.6. The summed E-state index contributed by atoms with van der Waals surface area (Å²) in [5, 5.41) is 3.27. The SMILES string of the molecule is CCNC(Cc1cccc(F)c1F)c1ccc(Cl)s1. The molecule has 0 aliphatic rings. The van der Waals surface area contributed by atoms with Crippen molar-refractivity contribution in [1.29, 1.82) is 0 Å². The molecule has 0 spiro atoms. The fraction of sp³-hybridized carbons (Fsp3) is 0.286. The third-order valence-electron chi connectivity index (χ3n) is 2.84. The second-order valence-corrected chi connectivity index (χ2v) is 5.92. The highest BCUT2D eigenvalue weighted by Crippen LogP contribution is 2.29. The molecule has 19 heavy (non-hydrogen) atoms. The highest BCUT2D eigenvalue weighted by molar-refractivity contribution is 7.16. The van der Waals surface area contributed by atoms with Gasteiger partial charge in [0.05, 0.1) is 4.34 Å². The van der Waals surface area contributed by atoms with Crippen molar-refractivity contribution < 1.29 is 8.78 Å². The van der Waals surface area contributed by atoms with E-state index in [0.29, 0.717) is 16.3 Å². The zero-order valence-corrected chi connectivity index (χ0v) is 12.0. The van der Waals surface area contributed by atoms with E-state index in [2.05, 4.69) is 5.32 Å². The smallest absolute Gasteiger partial charge is 0.162 e. The molecule has 0 bridgehead atoms. The highest BCUT2D eigenvalue weighted by Gasteiger charge is 2.17. The fourth-order valence-corrected chi connectivity index (χ4v) is 3.10. The lowest BCUT2D eigenvalue weighted by Crippen LogP contribution is -2.22. The van der Waals surface area contributed by atoms with E-state index in [1.54, 1.807) is 6.07 Å².